The number of nitrogens with zero attached hydrogens (tertiary/aromatic N) is 4. The topological polar surface area (TPSA) is 75.5 Å². The molecular formula is C17H26N4O3. The fourth-order valence-electron chi connectivity index (χ4n) is 3.09. The van der Waals surface area contributed by atoms with E-state index in [-0.39, 0.29) is 18.4 Å². The predicted molar refractivity (Wildman–Crippen MR) is 90.6 cm³/mol. The Labute approximate surface area is 142 Å². The molecule has 1 atom stereocenters. The Balaban J connectivity index is 2.12. The van der Waals surface area contributed by atoms with E-state index < -0.39 is 11.7 Å². The normalized spacial score (nSPS) is 18.4. The molecule has 0 saturated carbocycles. The maximum absolute atomic E-state index is 12.6. The van der Waals surface area contributed by atoms with Crippen molar-refractivity contribution in [3.05, 3.63) is 27.9 Å². The summed E-state index contributed by atoms with van der Waals surface area (Å²) in [5, 5.41) is 0. The van der Waals surface area contributed by atoms with E-state index in [9.17, 15) is 14.4 Å². The summed E-state index contributed by atoms with van der Waals surface area (Å²) in [4.78, 5) is 44.3. The van der Waals surface area contributed by atoms with Crippen LogP contribution in [0, 0.1) is 19.8 Å². The fraction of sp³-hybridized carbons (Fsp3) is 0.647. The van der Waals surface area contributed by atoms with Gasteiger partial charge in [-0.25, -0.2) is 4.79 Å². The van der Waals surface area contributed by atoms with Gasteiger partial charge in [-0.1, -0.05) is 13.8 Å². The van der Waals surface area contributed by atoms with Crippen molar-refractivity contribution in [3.8, 4) is 0 Å². The molecule has 0 aliphatic carbocycles. The average molecular weight is 334 g/mol. The van der Waals surface area contributed by atoms with Crippen molar-refractivity contribution in [1.29, 1.82) is 0 Å². The van der Waals surface area contributed by atoms with Crippen LogP contribution in [0.2, 0.25) is 0 Å². The third kappa shape index (κ3) is 3.83. The van der Waals surface area contributed by atoms with E-state index in [1.54, 1.807) is 31.7 Å². The van der Waals surface area contributed by atoms with E-state index in [0.29, 0.717) is 36.9 Å². The highest BCUT2D eigenvalue weighted by Gasteiger charge is 2.34. The molecule has 1 saturated heterocycles. The molecule has 0 N–H and O–H groups in total. The highest BCUT2D eigenvalue weighted by molar-refractivity contribution is 5.88. The molecule has 1 unspecified atom stereocenters. The molecule has 1 aliphatic rings. The van der Waals surface area contributed by atoms with Gasteiger partial charge >= 0.3 is 5.69 Å². The molecule has 1 aliphatic heterocycles. The van der Waals surface area contributed by atoms with Crippen LogP contribution in [0.1, 0.15) is 32.2 Å². The molecule has 0 spiro atoms. The summed E-state index contributed by atoms with van der Waals surface area (Å²) in [5.41, 5.74) is 0.892. The van der Waals surface area contributed by atoms with Crippen LogP contribution < -0.4 is 5.69 Å². The summed E-state index contributed by atoms with van der Waals surface area (Å²) >= 11 is 0. The van der Waals surface area contributed by atoms with Gasteiger partial charge in [-0.15, -0.1) is 0 Å². The van der Waals surface area contributed by atoms with Crippen LogP contribution in [-0.2, 0) is 16.1 Å². The van der Waals surface area contributed by atoms with E-state index in [0.717, 1.165) is 0 Å². The number of aromatic nitrogens is 2. The number of rotatable bonds is 4. The van der Waals surface area contributed by atoms with Gasteiger partial charge in [0.15, 0.2) is 0 Å². The fourth-order valence-corrected chi connectivity index (χ4v) is 3.09. The van der Waals surface area contributed by atoms with Crippen molar-refractivity contribution < 1.29 is 9.59 Å². The second-order valence-electron chi connectivity index (χ2n) is 6.85. The molecule has 1 aromatic rings. The molecule has 7 nitrogen and oxygen atoms in total. The number of piperazine rings is 1. The third-order valence-electron chi connectivity index (χ3n) is 4.29. The molecule has 2 amide bonds. The molecule has 1 aromatic heterocycles. The highest BCUT2D eigenvalue weighted by atomic mass is 16.2. The summed E-state index contributed by atoms with van der Waals surface area (Å²) < 4.78 is 1.35. The van der Waals surface area contributed by atoms with Crippen LogP contribution in [0.5, 0.6) is 0 Å². The Kier molecular flexibility index (Phi) is 5.41. The first-order valence-corrected chi connectivity index (χ1v) is 8.34. The number of hydrogen-bond acceptors (Lipinski definition) is 4. The first kappa shape index (κ1) is 18.2. The summed E-state index contributed by atoms with van der Waals surface area (Å²) in [6.07, 6.45) is 0. The summed E-state index contributed by atoms with van der Waals surface area (Å²) in [6.45, 7) is 11.0. The number of aryl methyl sites for hydroxylation is 2. The second-order valence-corrected chi connectivity index (χ2v) is 6.85. The van der Waals surface area contributed by atoms with Crippen LogP contribution in [0.15, 0.2) is 10.9 Å². The predicted octanol–water partition coefficient (Wildman–Crippen LogP) is 0.575. The van der Waals surface area contributed by atoms with Crippen molar-refractivity contribution in [1.82, 2.24) is 19.4 Å². The summed E-state index contributed by atoms with van der Waals surface area (Å²) in [6, 6.07) is 1.27. The van der Waals surface area contributed by atoms with Crippen molar-refractivity contribution in [2.45, 2.75) is 47.2 Å². The molecular weight excluding hydrogens is 308 g/mol. The summed E-state index contributed by atoms with van der Waals surface area (Å²) in [7, 11) is 0. The minimum atomic E-state index is -0.501. The zero-order valence-corrected chi connectivity index (χ0v) is 15.1. The van der Waals surface area contributed by atoms with Gasteiger partial charge in [0.25, 0.3) is 0 Å². The number of carbonyl (C=O) groups is 2. The Morgan fingerprint density at radius 3 is 2.54 bits per heavy atom. The first-order chi connectivity index (χ1) is 11.2. The molecule has 0 bridgehead atoms. The Morgan fingerprint density at radius 2 is 1.96 bits per heavy atom. The van der Waals surface area contributed by atoms with Gasteiger partial charge in [-0.3, -0.25) is 14.2 Å². The van der Waals surface area contributed by atoms with Gasteiger partial charge in [0, 0.05) is 31.0 Å². The number of amides is 2. The van der Waals surface area contributed by atoms with Crippen molar-refractivity contribution in [3.63, 3.8) is 0 Å². The third-order valence-corrected chi connectivity index (χ3v) is 4.29. The van der Waals surface area contributed by atoms with Crippen LogP contribution in [0.25, 0.3) is 0 Å². The number of carbonyl (C=O) groups excluding carboxylic acids is 2. The molecule has 1 fully saturated rings. The van der Waals surface area contributed by atoms with Crippen LogP contribution in [0.4, 0.5) is 0 Å². The van der Waals surface area contributed by atoms with Gasteiger partial charge in [0.1, 0.15) is 12.6 Å². The lowest BCUT2D eigenvalue weighted by Crippen LogP contribution is -2.58. The lowest BCUT2D eigenvalue weighted by molar-refractivity contribution is -0.151. The summed E-state index contributed by atoms with van der Waals surface area (Å²) in [5.74, 6) is 0.133. The average Bonchev–Trinajstić information content (AvgIpc) is 2.47. The van der Waals surface area contributed by atoms with Crippen LogP contribution >= 0.6 is 0 Å². The van der Waals surface area contributed by atoms with Gasteiger partial charge in [0.2, 0.25) is 11.8 Å². The quantitative estimate of drug-likeness (QED) is 0.807. The molecule has 2 rings (SSSR count). The molecule has 24 heavy (non-hydrogen) atoms. The minimum absolute atomic E-state index is 0.0330. The minimum Gasteiger partial charge on any atom is -0.339 e. The lowest BCUT2D eigenvalue weighted by Gasteiger charge is -2.40. The largest absolute Gasteiger partial charge is 0.348 e. The van der Waals surface area contributed by atoms with Crippen molar-refractivity contribution >= 4 is 11.8 Å². The smallest absolute Gasteiger partial charge is 0.339 e. The van der Waals surface area contributed by atoms with E-state index in [1.807, 2.05) is 4.90 Å². The molecule has 7 heteroatoms. The van der Waals surface area contributed by atoms with Gasteiger partial charge in [-0.2, -0.15) is 4.98 Å². The zero-order chi connectivity index (χ0) is 18.0. The Bertz CT molecular complexity index is 696. The van der Waals surface area contributed by atoms with Crippen molar-refractivity contribution in [2.24, 2.45) is 5.92 Å². The highest BCUT2D eigenvalue weighted by Crippen LogP contribution is 2.14. The van der Waals surface area contributed by atoms with E-state index >= 15 is 0 Å². The zero-order valence-electron chi connectivity index (χ0n) is 15.1. The molecule has 0 radical (unpaired) electrons. The monoisotopic (exact) mass is 334 g/mol. The van der Waals surface area contributed by atoms with Gasteiger partial charge in [0.05, 0.1) is 0 Å². The maximum Gasteiger partial charge on any atom is 0.348 e. The Morgan fingerprint density at radius 1 is 1.29 bits per heavy atom. The molecule has 132 valence electrons. The lowest BCUT2D eigenvalue weighted by atomic mass is 10.1. The van der Waals surface area contributed by atoms with Crippen LogP contribution in [0.3, 0.4) is 0 Å². The maximum atomic E-state index is 12.6. The number of hydrogen-bond donors (Lipinski definition) is 0. The van der Waals surface area contributed by atoms with Crippen LogP contribution in [-0.4, -0.2) is 56.8 Å². The van der Waals surface area contributed by atoms with Crippen molar-refractivity contribution in [2.75, 3.05) is 19.6 Å². The van der Waals surface area contributed by atoms with Gasteiger partial charge in [-0.05, 0) is 32.8 Å². The SMILES string of the molecule is Cc1cc(C)n(CC(=O)N2CCN(CC(C)C)C(=O)C2C)c(=O)n1. The van der Waals surface area contributed by atoms with E-state index in [4.69, 9.17) is 0 Å². The molecule has 0 aromatic carbocycles. The Hall–Kier alpha value is -2.18. The van der Waals surface area contributed by atoms with E-state index in [1.165, 1.54) is 4.57 Å². The van der Waals surface area contributed by atoms with E-state index in [2.05, 4.69) is 18.8 Å². The second kappa shape index (κ2) is 7.15. The van der Waals surface area contributed by atoms with Gasteiger partial charge < -0.3 is 9.80 Å². The molecule has 2 heterocycles. The standard InChI is InChI=1S/C17H26N4O3/c1-11(2)9-19-6-7-20(14(5)16(19)23)15(22)10-21-13(4)8-12(3)18-17(21)24/h8,11,14H,6-7,9-10H2,1-5H3. The first-order valence-electron chi connectivity index (χ1n) is 8.34.